The Morgan fingerprint density at radius 1 is 2.00 bits per heavy atom. The second-order valence-electron chi connectivity index (χ2n) is 0.938. The first kappa shape index (κ1) is 5.76. The van der Waals surface area contributed by atoms with Crippen molar-refractivity contribution in [3.63, 3.8) is 0 Å². The van der Waals surface area contributed by atoms with E-state index in [0.717, 1.165) is 0 Å². The Labute approximate surface area is 42.4 Å². The van der Waals surface area contributed by atoms with Crippen molar-refractivity contribution in [3.05, 3.63) is 0 Å². The van der Waals surface area contributed by atoms with Crippen molar-refractivity contribution in [3.8, 4) is 0 Å². The molecule has 0 spiro atoms. The minimum Gasteiger partial charge on any atom is -0.294 e. The van der Waals surface area contributed by atoms with Gasteiger partial charge in [0.15, 0.2) is 5.78 Å². The van der Waals surface area contributed by atoms with Crippen LogP contribution in [0, 0.1) is 0 Å². The number of rotatable bonds is 2. The Morgan fingerprint density at radius 3 is 2.50 bits per heavy atom. The van der Waals surface area contributed by atoms with Gasteiger partial charge in [0.1, 0.15) is 0 Å². The fourth-order valence-electron chi connectivity index (χ4n) is 0.0833. The molecule has 0 aromatic heterocycles. The molecule has 0 N–H and O–H groups in total. The molecule has 6 heavy (non-hydrogen) atoms. The Morgan fingerprint density at radius 2 is 2.50 bits per heavy atom. The molecular weight excluding hydrogens is 96.1 g/mol. The zero-order chi connectivity index (χ0) is 4.99. The summed E-state index contributed by atoms with van der Waals surface area (Å²) in [5, 5.41) is 1.17. The predicted molar refractivity (Wildman–Crippen MR) is 29.0 cm³/mol. The normalized spacial score (nSPS) is 7.50. The summed E-state index contributed by atoms with van der Waals surface area (Å²) in [5.74, 6) is 0.0324. The fourth-order valence-corrected chi connectivity index (χ4v) is 0.250. The van der Waals surface area contributed by atoms with Crippen molar-refractivity contribution in [2.24, 2.45) is 0 Å². The van der Waals surface area contributed by atoms with Crippen molar-refractivity contribution >= 4 is 23.4 Å². The van der Waals surface area contributed by atoms with Gasteiger partial charge in [0.05, 0.1) is 0 Å². The molecule has 1 nitrogen and oxygen atoms in total. The van der Waals surface area contributed by atoms with Gasteiger partial charge in [-0.1, -0.05) is 19.1 Å². The zero-order valence-electron chi connectivity index (χ0n) is 3.60. The summed E-state index contributed by atoms with van der Waals surface area (Å²) in [4.78, 5) is 10.0. The number of thiocarbonyl (C=S) groups is 1. The molecule has 0 rings (SSSR count). The van der Waals surface area contributed by atoms with Crippen molar-refractivity contribution in [2.45, 2.75) is 13.3 Å². The lowest BCUT2D eigenvalue weighted by Gasteiger charge is -1.73. The lowest BCUT2D eigenvalue weighted by molar-refractivity contribution is -0.112. The molecule has 0 saturated heterocycles. The summed E-state index contributed by atoms with van der Waals surface area (Å²) in [5.41, 5.74) is 0. The van der Waals surface area contributed by atoms with Gasteiger partial charge in [0.25, 0.3) is 0 Å². The van der Waals surface area contributed by atoms with Gasteiger partial charge in [-0.3, -0.25) is 4.79 Å². The Hall–Kier alpha value is -0.240. The van der Waals surface area contributed by atoms with E-state index in [1.807, 2.05) is 0 Å². The Balaban J connectivity index is 3.23. The largest absolute Gasteiger partial charge is 0.294 e. The SMILES string of the molecule is CCC(=O)C=S. The van der Waals surface area contributed by atoms with Gasteiger partial charge in [-0.2, -0.15) is 0 Å². The lowest BCUT2D eigenvalue weighted by atomic mass is 10.4. The van der Waals surface area contributed by atoms with Crippen LogP contribution in [0.25, 0.3) is 0 Å². The molecule has 0 aliphatic rings. The number of hydrogen-bond acceptors (Lipinski definition) is 2. The van der Waals surface area contributed by atoms with E-state index in [9.17, 15) is 4.79 Å². The van der Waals surface area contributed by atoms with Gasteiger partial charge >= 0.3 is 0 Å². The molecule has 0 saturated carbocycles. The van der Waals surface area contributed by atoms with E-state index in [1.54, 1.807) is 6.92 Å². The molecule has 0 radical (unpaired) electrons. The van der Waals surface area contributed by atoms with Crippen molar-refractivity contribution < 1.29 is 4.79 Å². The van der Waals surface area contributed by atoms with E-state index in [0.29, 0.717) is 6.42 Å². The fraction of sp³-hybridized carbons (Fsp3) is 0.500. The van der Waals surface area contributed by atoms with Crippen LogP contribution in [0.2, 0.25) is 0 Å². The third-order valence-corrected chi connectivity index (χ3v) is 0.743. The first-order chi connectivity index (χ1) is 2.81. The number of Topliss-reactive ketones (excluding diaryl/α,β-unsaturated/α-hetero) is 1. The average Bonchev–Trinajstić information content (AvgIpc) is 1.65. The van der Waals surface area contributed by atoms with Crippen LogP contribution >= 0.6 is 12.2 Å². The molecule has 0 aliphatic carbocycles. The molecule has 0 unspecified atom stereocenters. The average molecular weight is 102 g/mol. The second kappa shape index (κ2) is 2.97. The second-order valence-corrected chi connectivity index (χ2v) is 1.17. The minimum atomic E-state index is 0.0324. The van der Waals surface area contributed by atoms with E-state index in [2.05, 4.69) is 12.2 Å². The van der Waals surface area contributed by atoms with Crippen LogP contribution in [0.1, 0.15) is 13.3 Å². The molecule has 0 aliphatic heterocycles. The summed E-state index contributed by atoms with van der Waals surface area (Å²) < 4.78 is 0. The van der Waals surface area contributed by atoms with Gasteiger partial charge in [0, 0.05) is 11.8 Å². The smallest absolute Gasteiger partial charge is 0.166 e. The molecule has 0 aromatic carbocycles. The highest BCUT2D eigenvalue weighted by Gasteiger charge is 1.83. The maximum Gasteiger partial charge on any atom is 0.166 e. The highest BCUT2D eigenvalue weighted by molar-refractivity contribution is 7.80. The number of ketones is 1. The van der Waals surface area contributed by atoms with Gasteiger partial charge in [-0.05, 0) is 0 Å². The Bertz CT molecular complexity index is 67.9. The first-order valence-electron chi connectivity index (χ1n) is 1.79. The molecule has 0 bridgehead atoms. The first-order valence-corrected chi connectivity index (χ1v) is 2.26. The highest BCUT2D eigenvalue weighted by atomic mass is 32.1. The molecule has 0 atom stereocenters. The van der Waals surface area contributed by atoms with Gasteiger partial charge in [0.2, 0.25) is 0 Å². The Kier molecular flexibility index (Phi) is 2.85. The molecule has 0 amide bonds. The van der Waals surface area contributed by atoms with Gasteiger partial charge in [-0.25, -0.2) is 0 Å². The topological polar surface area (TPSA) is 17.1 Å². The highest BCUT2D eigenvalue weighted by Crippen LogP contribution is 1.72. The van der Waals surface area contributed by atoms with Crippen molar-refractivity contribution in [1.82, 2.24) is 0 Å². The molecule has 0 heterocycles. The standard InChI is InChI=1S/C4H6OS/c1-2-4(5)3-6/h3H,2H2,1H3. The van der Waals surface area contributed by atoms with E-state index < -0.39 is 0 Å². The van der Waals surface area contributed by atoms with Crippen LogP contribution in [0.3, 0.4) is 0 Å². The third kappa shape index (κ3) is 2.03. The lowest BCUT2D eigenvalue weighted by Crippen LogP contribution is -1.90. The summed E-state index contributed by atoms with van der Waals surface area (Å²) in [7, 11) is 0. The van der Waals surface area contributed by atoms with Crippen LogP contribution in [0.5, 0.6) is 0 Å². The summed E-state index contributed by atoms with van der Waals surface area (Å²) in [6, 6.07) is 0. The van der Waals surface area contributed by atoms with Crippen LogP contribution in [0.4, 0.5) is 0 Å². The number of hydrogen-bond donors (Lipinski definition) is 0. The molecule has 0 aromatic rings. The molecule has 2 heteroatoms. The van der Waals surface area contributed by atoms with Crippen molar-refractivity contribution in [2.75, 3.05) is 0 Å². The maximum absolute atomic E-state index is 10.0. The quantitative estimate of drug-likeness (QED) is 0.483. The van der Waals surface area contributed by atoms with Crippen LogP contribution in [-0.4, -0.2) is 11.2 Å². The van der Waals surface area contributed by atoms with E-state index in [4.69, 9.17) is 0 Å². The van der Waals surface area contributed by atoms with E-state index in [1.165, 1.54) is 5.37 Å². The van der Waals surface area contributed by atoms with Crippen LogP contribution < -0.4 is 0 Å². The monoisotopic (exact) mass is 102 g/mol. The molecular formula is C4H6OS. The summed E-state index contributed by atoms with van der Waals surface area (Å²) in [6.07, 6.45) is 0.531. The minimum absolute atomic E-state index is 0.0324. The summed E-state index contributed by atoms with van der Waals surface area (Å²) in [6.45, 7) is 1.78. The van der Waals surface area contributed by atoms with Gasteiger partial charge in [-0.15, -0.1) is 0 Å². The molecule has 0 fully saturated rings. The zero-order valence-corrected chi connectivity index (χ0v) is 4.42. The van der Waals surface area contributed by atoms with E-state index >= 15 is 0 Å². The predicted octanol–water partition coefficient (Wildman–Crippen LogP) is 0.965. The van der Waals surface area contributed by atoms with Gasteiger partial charge < -0.3 is 0 Å². The van der Waals surface area contributed by atoms with Crippen LogP contribution in [0.15, 0.2) is 0 Å². The van der Waals surface area contributed by atoms with Crippen molar-refractivity contribution in [1.29, 1.82) is 0 Å². The van der Waals surface area contributed by atoms with Crippen LogP contribution in [-0.2, 0) is 4.79 Å². The number of carbonyl (C=O) groups is 1. The maximum atomic E-state index is 10.0. The third-order valence-electron chi connectivity index (χ3n) is 0.480. The van der Waals surface area contributed by atoms with E-state index in [-0.39, 0.29) is 5.78 Å². The summed E-state index contributed by atoms with van der Waals surface area (Å²) >= 11 is 4.30. The molecule has 34 valence electrons. The number of carbonyl (C=O) groups excluding carboxylic acids is 1.